The lowest BCUT2D eigenvalue weighted by molar-refractivity contribution is 0.458. The van der Waals surface area contributed by atoms with Crippen molar-refractivity contribution in [1.82, 2.24) is 14.7 Å². The van der Waals surface area contributed by atoms with Crippen LogP contribution in [0.3, 0.4) is 0 Å². The number of halogens is 1. The fourth-order valence-electron chi connectivity index (χ4n) is 2.67. The molecular formula is C14H21ClN4O2S. The minimum Gasteiger partial charge on any atom is -0.356 e. The third kappa shape index (κ3) is 3.88. The highest BCUT2D eigenvalue weighted by Gasteiger charge is 2.29. The summed E-state index contributed by atoms with van der Waals surface area (Å²) in [5.74, 6) is 2.29. The normalized spacial score (nSPS) is 20.4. The number of hydrogen-bond acceptors (Lipinski definition) is 5. The van der Waals surface area contributed by atoms with Crippen LogP contribution in [0.2, 0.25) is 5.15 Å². The maximum atomic E-state index is 11.6. The van der Waals surface area contributed by atoms with Gasteiger partial charge in [-0.05, 0) is 32.6 Å². The molecule has 0 bridgehead atoms. The van der Waals surface area contributed by atoms with Gasteiger partial charge in [-0.15, -0.1) is 0 Å². The topological polar surface area (TPSA) is 75.2 Å². The summed E-state index contributed by atoms with van der Waals surface area (Å²) in [6.45, 7) is 3.20. The fourth-order valence-corrected chi connectivity index (χ4v) is 3.77. The monoisotopic (exact) mass is 344 g/mol. The van der Waals surface area contributed by atoms with Crippen molar-refractivity contribution < 1.29 is 8.42 Å². The van der Waals surface area contributed by atoms with Gasteiger partial charge in [-0.3, -0.25) is 0 Å². The summed E-state index contributed by atoms with van der Waals surface area (Å²) in [6, 6.07) is 1.81. The van der Waals surface area contributed by atoms with E-state index < -0.39 is 10.0 Å². The number of nitrogens with zero attached hydrogens (tertiary/aromatic N) is 3. The molecule has 0 radical (unpaired) electrons. The maximum absolute atomic E-state index is 11.6. The summed E-state index contributed by atoms with van der Waals surface area (Å²) < 4.78 is 26.0. The molecule has 1 saturated carbocycles. The second-order valence-corrected chi connectivity index (χ2v) is 8.39. The molecule has 1 aliphatic heterocycles. The van der Waals surface area contributed by atoms with Crippen LogP contribution in [-0.4, -0.2) is 43.3 Å². The van der Waals surface area contributed by atoms with Gasteiger partial charge < -0.3 is 4.90 Å². The molecule has 1 aromatic heterocycles. The molecule has 1 saturated heterocycles. The van der Waals surface area contributed by atoms with Gasteiger partial charge in [0, 0.05) is 31.1 Å². The van der Waals surface area contributed by atoms with E-state index in [4.69, 9.17) is 11.6 Å². The second kappa shape index (κ2) is 6.29. The number of rotatable bonds is 5. The lowest BCUT2D eigenvalue weighted by atomic mass is 10.1. The Bertz CT molecular complexity index is 640. The third-order valence-electron chi connectivity index (χ3n) is 4.19. The molecule has 0 atom stereocenters. The molecule has 8 heteroatoms. The Morgan fingerprint density at radius 3 is 2.55 bits per heavy atom. The van der Waals surface area contributed by atoms with Crippen molar-refractivity contribution in [2.24, 2.45) is 0 Å². The van der Waals surface area contributed by atoms with Crippen molar-refractivity contribution in [3.63, 3.8) is 0 Å². The highest BCUT2D eigenvalue weighted by molar-refractivity contribution is 7.89. The average Bonchev–Trinajstić information content (AvgIpc) is 3.32. The van der Waals surface area contributed by atoms with E-state index in [1.54, 1.807) is 13.0 Å². The molecule has 122 valence electrons. The lowest BCUT2D eigenvalue weighted by Gasteiger charge is -2.33. The van der Waals surface area contributed by atoms with Crippen LogP contribution >= 0.6 is 11.6 Å². The Morgan fingerprint density at radius 2 is 1.95 bits per heavy atom. The minimum atomic E-state index is -3.13. The van der Waals surface area contributed by atoms with Crippen molar-refractivity contribution in [3.8, 4) is 0 Å². The number of anilines is 1. The first-order chi connectivity index (χ1) is 10.5. The van der Waals surface area contributed by atoms with Gasteiger partial charge in [0.05, 0.1) is 5.75 Å². The predicted molar refractivity (Wildman–Crippen MR) is 86.8 cm³/mol. The molecular weight excluding hydrogens is 324 g/mol. The van der Waals surface area contributed by atoms with E-state index in [9.17, 15) is 8.42 Å². The Morgan fingerprint density at radius 1 is 1.27 bits per heavy atom. The number of hydrogen-bond donors (Lipinski definition) is 1. The van der Waals surface area contributed by atoms with Crippen molar-refractivity contribution in [3.05, 3.63) is 17.0 Å². The first-order valence-electron chi connectivity index (χ1n) is 7.76. The van der Waals surface area contributed by atoms with Crippen LogP contribution in [0.25, 0.3) is 0 Å². The van der Waals surface area contributed by atoms with Gasteiger partial charge in [-0.1, -0.05) is 11.6 Å². The van der Waals surface area contributed by atoms with E-state index in [0.717, 1.165) is 50.4 Å². The van der Waals surface area contributed by atoms with E-state index >= 15 is 0 Å². The van der Waals surface area contributed by atoms with Crippen molar-refractivity contribution in [1.29, 1.82) is 0 Å². The largest absolute Gasteiger partial charge is 0.356 e. The summed E-state index contributed by atoms with van der Waals surface area (Å²) in [5, 5.41) is 0.487. The van der Waals surface area contributed by atoms with Gasteiger partial charge in [-0.25, -0.2) is 23.1 Å². The Kier molecular flexibility index (Phi) is 4.56. The smallest absolute Gasteiger partial charge is 0.211 e. The van der Waals surface area contributed by atoms with E-state index in [0.29, 0.717) is 11.1 Å². The molecule has 0 amide bonds. The van der Waals surface area contributed by atoms with Gasteiger partial charge in [0.25, 0.3) is 0 Å². The molecule has 1 aliphatic carbocycles. The van der Waals surface area contributed by atoms with Crippen LogP contribution < -0.4 is 9.62 Å². The van der Waals surface area contributed by atoms with E-state index in [2.05, 4.69) is 19.6 Å². The Hall–Kier alpha value is -0.920. The zero-order valence-electron chi connectivity index (χ0n) is 12.6. The molecule has 1 aromatic rings. The SMILES string of the molecule is CCS(=O)(=O)NC1CCN(c2cc(Cl)nc(C3CC3)n2)CC1. The molecule has 22 heavy (non-hydrogen) atoms. The van der Waals surface area contributed by atoms with Crippen LogP contribution in [0.4, 0.5) is 5.82 Å². The van der Waals surface area contributed by atoms with Crippen LogP contribution in [0.1, 0.15) is 44.3 Å². The number of nitrogens with one attached hydrogen (secondary N) is 1. The summed E-state index contributed by atoms with van der Waals surface area (Å²) in [7, 11) is -3.13. The molecule has 0 spiro atoms. The van der Waals surface area contributed by atoms with Gasteiger partial charge >= 0.3 is 0 Å². The molecule has 0 aromatic carbocycles. The molecule has 2 heterocycles. The highest BCUT2D eigenvalue weighted by Crippen LogP contribution is 2.39. The highest BCUT2D eigenvalue weighted by atomic mass is 35.5. The third-order valence-corrected chi connectivity index (χ3v) is 5.83. The molecule has 6 nitrogen and oxygen atoms in total. The number of piperidine rings is 1. The molecule has 0 unspecified atom stereocenters. The van der Waals surface area contributed by atoms with Crippen molar-refractivity contribution >= 4 is 27.4 Å². The quantitative estimate of drug-likeness (QED) is 0.826. The maximum Gasteiger partial charge on any atom is 0.211 e. The average molecular weight is 345 g/mol. The van der Waals surface area contributed by atoms with Crippen LogP contribution in [0.15, 0.2) is 6.07 Å². The Labute approximate surface area is 136 Å². The summed E-state index contributed by atoms with van der Waals surface area (Å²) >= 11 is 6.11. The first kappa shape index (κ1) is 16.0. The molecule has 1 N–H and O–H groups in total. The van der Waals surface area contributed by atoms with Crippen molar-refractivity contribution in [2.45, 2.75) is 44.6 Å². The van der Waals surface area contributed by atoms with E-state index in [-0.39, 0.29) is 11.8 Å². The van der Waals surface area contributed by atoms with Gasteiger partial charge in [0.1, 0.15) is 16.8 Å². The van der Waals surface area contributed by atoms with Gasteiger partial charge in [0.2, 0.25) is 10.0 Å². The fraction of sp³-hybridized carbons (Fsp3) is 0.714. The summed E-state index contributed by atoms with van der Waals surface area (Å²) in [5.41, 5.74) is 0. The molecule has 2 fully saturated rings. The number of sulfonamides is 1. The second-order valence-electron chi connectivity index (χ2n) is 5.96. The summed E-state index contributed by atoms with van der Waals surface area (Å²) in [6.07, 6.45) is 3.83. The van der Waals surface area contributed by atoms with E-state index in [1.165, 1.54) is 0 Å². The van der Waals surface area contributed by atoms with E-state index in [1.807, 2.05) is 0 Å². The van der Waals surface area contributed by atoms with Crippen LogP contribution in [0, 0.1) is 0 Å². The van der Waals surface area contributed by atoms with Crippen LogP contribution in [-0.2, 0) is 10.0 Å². The molecule has 2 aliphatic rings. The lowest BCUT2D eigenvalue weighted by Crippen LogP contribution is -2.45. The summed E-state index contributed by atoms with van der Waals surface area (Å²) in [4.78, 5) is 11.1. The molecule has 3 rings (SSSR count). The van der Waals surface area contributed by atoms with Crippen LogP contribution in [0.5, 0.6) is 0 Å². The first-order valence-corrected chi connectivity index (χ1v) is 9.79. The standard InChI is InChI=1S/C14H21ClN4O2S/c1-2-22(20,21)18-11-5-7-19(8-6-11)13-9-12(15)16-14(17-13)10-3-4-10/h9-11,18H,2-8H2,1H3. The van der Waals surface area contributed by atoms with Gasteiger partial charge in [0.15, 0.2) is 0 Å². The number of aromatic nitrogens is 2. The zero-order chi connectivity index (χ0) is 15.7. The Balaban J connectivity index is 1.64. The van der Waals surface area contributed by atoms with Gasteiger partial charge in [-0.2, -0.15) is 0 Å². The minimum absolute atomic E-state index is 0.0152. The zero-order valence-corrected chi connectivity index (χ0v) is 14.2. The van der Waals surface area contributed by atoms with Crippen molar-refractivity contribution in [2.75, 3.05) is 23.7 Å². The predicted octanol–water partition coefficient (Wildman–Crippen LogP) is 1.92.